The fourth-order valence-corrected chi connectivity index (χ4v) is 4.00. The van der Waals surface area contributed by atoms with Crippen LogP contribution in [0.1, 0.15) is 56.2 Å². The second kappa shape index (κ2) is 9.07. The second-order valence-electron chi connectivity index (χ2n) is 7.95. The van der Waals surface area contributed by atoms with E-state index in [1.807, 2.05) is 20.2 Å². The largest absolute Gasteiger partial charge is 0.378 e. The number of amides is 1. The van der Waals surface area contributed by atoms with E-state index >= 15 is 0 Å². The molecule has 1 fully saturated rings. The standard InChI is InChI=1S/C24H32N2O/c1-19(21-10-6-4-7-11-21)26(24(27)22-12-8-5-9-13-22)18-20-14-16-23(17-15-20)25(2)3/h4,6-7,10-11,14-17,19,22H,5,8-9,12-13,18H2,1-3H3. The highest BCUT2D eigenvalue weighted by atomic mass is 16.2. The smallest absolute Gasteiger partial charge is 0.226 e. The van der Waals surface area contributed by atoms with Crippen LogP contribution in [0.2, 0.25) is 0 Å². The Morgan fingerprint density at radius 1 is 0.963 bits per heavy atom. The minimum atomic E-state index is 0.0779. The van der Waals surface area contributed by atoms with Crippen LogP contribution in [0.4, 0.5) is 5.69 Å². The molecule has 0 saturated heterocycles. The van der Waals surface area contributed by atoms with Crippen molar-refractivity contribution in [1.82, 2.24) is 4.90 Å². The first-order valence-corrected chi connectivity index (χ1v) is 10.2. The molecule has 1 amide bonds. The van der Waals surface area contributed by atoms with Gasteiger partial charge in [0.1, 0.15) is 0 Å². The van der Waals surface area contributed by atoms with Gasteiger partial charge in [-0.3, -0.25) is 4.79 Å². The molecule has 2 aromatic carbocycles. The van der Waals surface area contributed by atoms with Crippen molar-refractivity contribution in [2.75, 3.05) is 19.0 Å². The molecule has 1 aliphatic carbocycles. The fourth-order valence-electron chi connectivity index (χ4n) is 4.00. The average Bonchev–Trinajstić information content (AvgIpc) is 2.72. The summed E-state index contributed by atoms with van der Waals surface area (Å²) in [5, 5.41) is 0. The fraction of sp³-hybridized carbons (Fsp3) is 0.458. The maximum atomic E-state index is 13.4. The minimum Gasteiger partial charge on any atom is -0.378 e. The van der Waals surface area contributed by atoms with Crippen LogP contribution in [0.15, 0.2) is 54.6 Å². The van der Waals surface area contributed by atoms with Crippen LogP contribution in [0.5, 0.6) is 0 Å². The van der Waals surface area contributed by atoms with Gasteiger partial charge in [0.2, 0.25) is 5.91 Å². The molecule has 0 bridgehead atoms. The average molecular weight is 365 g/mol. The Labute approximate surface area is 164 Å². The molecule has 144 valence electrons. The van der Waals surface area contributed by atoms with Gasteiger partial charge in [-0.1, -0.05) is 61.7 Å². The Hall–Kier alpha value is -2.29. The molecule has 1 unspecified atom stereocenters. The monoisotopic (exact) mass is 364 g/mol. The SMILES string of the molecule is CC(c1ccccc1)N(Cc1ccc(N(C)C)cc1)C(=O)C1CCCCC1. The van der Waals surface area contributed by atoms with E-state index in [9.17, 15) is 4.79 Å². The Bertz CT molecular complexity index is 718. The zero-order valence-corrected chi connectivity index (χ0v) is 16.9. The van der Waals surface area contributed by atoms with Gasteiger partial charge in [-0.15, -0.1) is 0 Å². The second-order valence-corrected chi connectivity index (χ2v) is 7.95. The highest BCUT2D eigenvalue weighted by Gasteiger charge is 2.29. The molecule has 0 radical (unpaired) electrons. The van der Waals surface area contributed by atoms with Gasteiger partial charge in [0.05, 0.1) is 6.04 Å². The Balaban J connectivity index is 1.83. The van der Waals surface area contributed by atoms with Gasteiger partial charge in [-0.25, -0.2) is 0 Å². The van der Waals surface area contributed by atoms with Crippen molar-refractivity contribution in [2.45, 2.75) is 51.6 Å². The quantitative estimate of drug-likeness (QED) is 0.683. The summed E-state index contributed by atoms with van der Waals surface area (Å²) in [4.78, 5) is 17.6. The summed E-state index contributed by atoms with van der Waals surface area (Å²) >= 11 is 0. The van der Waals surface area contributed by atoms with Crippen LogP contribution >= 0.6 is 0 Å². The lowest BCUT2D eigenvalue weighted by Gasteiger charge is -2.34. The Kier molecular flexibility index (Phi) is 6.54. The van der Waals surface area contributed by atoms with Crippen LogP contribution in [-0.4, -0.2) is 24.9 Å². The minimum absolute atomic E-state index is 0.0779. The van der Waals surface area contributed by atoms with E-state index in [-0.39, 0.29) is 12.0 Å². The molecule has 1 atom stereocenters. The Morgan fingerprint density at radius 2 is 1.59 bits per heavy atom. The summed E-state index contributed by atoms with van der Waals surface area (Å²) in [7, 11) is 4.09. The molecule has 2 aromatic rings. The van der Waals surface area contributed by atoms with E-state index in [0.29, 0.717) is 12.5 Å². The first kappa shape index (κ1) is 19.5. The van der Waals surface area contributed by atoms with Crippen molar-refractivity contribution in [2.24, 2.45) is 5.92 Å². The van der Waals surface area contributed by atoms with E-state index in [0.717, 1.165) is 12.8 Å². The molecule has 0 spiro atoms. The van der Waals surface area contributed by atoms with Gasteiger partial charge >= 0.3 is 0 Å². The number of nitrogens with zero attached hydrogens (tertiary/aromatic N) is 2. The molecule has 0 heterocycles. The van der Waals surface area contributed by atoms with Gasteiger partial charge in [-0.05, 0) is 43.0 Å². The van der Waals surface area contributed by atoms with E-state index in [1.54, 1.807) is 0 Å². The predicted molar refractivity (Wildman–Crippen MR) is 113 cm³/mol. The normalized spacial score (nSPS) is 16.0. The lowest BCUT2D eigenvalue weighted by molar-refractivity contribution is -0.139. The van der Waals surface area contributed by atoms with Crippen molar-refractivity contribution in [3.63, 3.8) is 0 Å². The lowest BCUT2D eigenvalue weighted by atomic mass is 9.87. The van der Waals surface area contributed by atoms with Crippen molar-refractivity contribution in [3.8, 4) is 0 Å². The molecule has 3 heteroatoms. The number of carbonyl (C=O) groups excluding carboxylic acids is 1. The predicted octanol–water partition coefficient (Wildman–Crippen LogP) is 5.42. The van der Waals surface area contributed by atoms with Crippen molar-refractivity contribution >= 4 is 11.6 Å². The van der Waals surface area contributed by atoms with Gasteiger partial charge in [0.15, 0.2) is 0 Å². The first-order valence-electron chi connectivity index (χ1n) is 10.2. The molecule has 27 heavy (non-hydrogen) atoms. The topological polar surface area (TPSA) is 23.6 Å². The van der Waals surface area contributed by atoms with Crippen molar-refractivity contribution < 1.29 is 4.79 Å². The molecular formula is C24H32N2O. The van der Waals surface area contributed by atoms with Gasteiger partial charge in [-0.2, -0.15) is 0 Å². The number of hydrogen-bond donors (Lipinski definition) is 0. The maximum absolute atomic E-state index is 13.4. The Morgan fingerprint density at radius 3 is 2.19 bits per heavy atom. The van der Waals surface area contributed by atoms with Gasteiger partial charge in [0, 0.05) is 32.2 Å². The third-order valence-electron chi connectivity index (χ3n) is 5.79. The zero-order chi connectivity index (χ0) is 19.2. The summed E-state index contributed by atoms with van der Waals surface area (Å²) < 4.78 is 0. The summed E-state index contributed by atoms with van der Waals surface area (Å²) in [5.74, 6) is 0.508. The van der Waals surface area contributed by atoms with Gasteiger partial charge in [0.25, 0.3) is 0 Å². The molecule has 3 rings (SSSR count). The van der Waals surface area contributed by atoms with E-state index in [4.69, 9.17) is 0 Å². The maximum Gasteiger partial charge on any atom is 0.226 e. The number of anilines is 1. The number of benzene rings is 2. The molecule has 0 aromatic heterocycles. The third-order valence-corrected chi connectivity index (χ3v) is 5.79. The first-order chi connectivity index (χ1) is 13.1. The number of hydrogen-bond acceptors (Lipinski definition) is 2. The van der Waals surface area contributed by atoms with Crippen LogP contribution in [0, 0.1) is 5.92 Å². The van der Waals surface area contributed by atoms with E-state index in [2.05, 4.69) is 65.3 Å². The molecule has 0 aliphatic heterocycles. The van der Waals surface area contributed by atoms with Crippen molar-refractivity contribution in [1.29, 1.82) is 0 Å². The summed E-state index contributed by atoms with van der Waals surface area (Å²) in [5.41, 5.74) is 3.57. The van der Waals surface area contributed by atoms with Crippen LogP contribution in [0.3, 0.4) is 0 Å². The van der Waals surface area contributed by atoms with Crippen LogP contribution < -0.4 is 4.90 Å². The molecule has 0 N–H and O–H groups in total. The molecule has 1 saturated carbocycles. The molecule has 3 nitrogen and oxygen atoms in total. The number of rotatable bonds is 6. The van der Waals surface area contributed by atoms with E-state index < -0.39 is 0 Å². The zero-order valence-electron chi connectivity index (χ0n) is 16.9. The molecular weight excluding hydrogens is 332 g/mol. The van der Waals surface area contributed by atoms with E-state index in [1.165, 1.54) is 36.1 Å². The van der Waals surface area contributed by atoms with Crippen LogP contribution in [-0.2, 0) is 11.3 Å². The van der Waals surface area contributed by atoms with Gasteiger partial charge < -0.3 is 9.80 Å². The highest BCUT2D eigenvalue weighted by molar-refractivity contribution is 5.79. The van der Waals surface area contributed by atoms with Crippen LogP contribution in [0.25, 0.3) is 0 Å². The summed E-state index contributed by atoms with van der Waals surface area (Å²) in [6.45, 7) is 2.82. The summed E-state index contributed by atoms with van der Waals surface area (Å²) in [6.07, 6.45) is 5.71. The molecule has 1 aliphatic rings. The lowest BCUT2D eigenvalue weighted by Crippen LogP contribution is -2.38. The number of carbonyl (C=O) groups is 1. The highest BCUT2D eigenvalue weighted by Crippen LogP contribution is 2.30. The third kappa shape index (κ3) is 4.91. The van der Waals surface area contributed by atoms with Crippen molar-refractivity contribution in [3.05, 3.63) is 65.7 Å². The summed E-state index contributed by atoms with van der Waals surface area (Å²) in [6, 6.07) is 19.0.